The molecule has 0 bridgehead atoms. The third kappa shape index (κ3) is 3.41. The zero-order valence-electron chi connectivity index (χ0n) is 12.1. The lowest BCUT2D eigenvalue weighted by Crippen LogP contribution is -2.37. The summed E-state index contributed by atoms with van der Waals surface area (Å²) in [6.45, 7) is 3.03. The van der Waals surface area contributed by atoms with E-state index >= 15 is 0 Å². The fraction of sp³-hybridized carbons (Fsp3) is 0.571. The third-order valence-electron chi connectivity index (χ3n) is 3.70. The number of pyridine rings is 1. The van der Waals surface area contributed by atoms with Gasteiger partial charge in [-0.3, -0.25) is 5.41 Å². The molecule has 0 atom stereocenters. The monoisotopic (exact) mass is 295 g/mol. The van der Waals surface area contributed by atoms with Crippen molar-refractivity contribution in [3.05, 3.63) is 22.8 Å². The number of nitrogens with zero attached hydrogens (tertiary/aromatic N) is 3. The maximum atomic E-state index is 7.54. The van der Waals surface area contributed by atoms with Gasteiger partial charge in [-0.05, 0) is 38.9 Å². The van der Waals surface area contributed by atoms with Gasteiger partial charge in [0.1, 0.15) is 11.7 Å². The van der Waals surface area contributed by atoms with E-state index in [1.807, 2.05) is 0 Å². The van der Waals surface area contributed by atoms with Crippen LogP contribution in [0.5, 0.6) is 0 Å². The zero-order valence-corrected chi connectivity index (χ0v) is 12.8. The van der Waals surface area contributed by atoms with E-state index in [0.717, 1.165) is 44.2 Å². The predicted octanol–water partition coefficient (Wildman–Crippen LogP) is 1.80. The van der Waals surface area contributed by atoms with E-state index in [2.05, 4.69) is 28.9 Å². The Labute approximate surface area is 125 Å². The summed E-state index contributed by atoms with van der Waals surface area (Å²) in [6.07, 6.45) is 3.95. The molecule has 0 saturated carbocycles. The van der Waals surface area contributed by atoms with Gasteiger partial charge >= 0.3 is 0 Å². The van der Waals surface area contributed by atoms with Crippen molar-refractivity contribution < 1.29 is 0 Å². The second-order valence-electron chi connectivity index (χ2n) is 5.60. The molecular formula is C14H22ClN5. The van der Waals surface area contributed by atoms with Crippen molar-refractivity contribution in [2.24, 2.45) is 11.7 Å². The number of nitrogen functional groups attached to an aromatic ring is 1. The lowest BCUT2D eigenvalue weighted by Gasteiger charge is -2.34. The van der Waals surface area contributed by atoms with Gasteiger partial charge in [0.25, 0.3) is 0 Å². The molecule has 2 rings (SSSR count). The number of piperidine rings is 1. The molecule has 1 aliphatic heterocycles. The number of rotatable bonds is 4. The molecule has 1 fully saturated rings. The number of nitrogens with two attached hydrogens (primary N) is 1. The first-order chi connectivity index (χ1) is 9.49. The molecule has 0 amide bonds. The second-order valence-corrected chi connectivity index (χ2v) is 5.98. The summed E-state index contributed by atoms with van der Waals surface area (Å²) in [7, 11) is 4.22. The minimum absolute atomic E-state index is 0.0128. The Balaban J connectivity index is 2.07. The van der Waals surface area contributed by atoms with E-state index in [1.165, 1.54) is 0 Å². The van der Waals surface area contributed by atoms with Gasteiger partial charge in [0.05, 0.1) is 5.02 Å². The summed E-state index contributed by atoms with van der Waals surface area (Å²) in [5.74, 6) is 1.47. The fourth-order valence-electron chi connectivity index (χ4n) is 2.70. The van der Waals surface area contributed by atoms with Crippen LogP contribution in [0.15, 0.2) is 12.3 Å². The molecule has 5 nitrogen and oxygen atoms in total. The summed E-state index contributed by atoms with van der Waals surface area (Å²) in [6, 6.07) is 1.69. The summed E-state index contributed by atoms with van der Waals surface area (Å²) >= 11 is 6.32. The first-order valence-electron chi connectivity index (χ1n) is 6.87. The van der Waals surface area contributed by atoms with Gasteiger partial charge in [0.2, 0.25) is 0 Å². The van der Waals surface area contributed by atoms with Crippen LogP contribution in [0, 0.1) is 11.3 Å². The van der Waals surface area contributed by atoms with Crippen LogP contribution in [0.3, 0.4) is 0 Å². The molecule has 1 aromatic heterocycles. The van der Waals surface area contributed by atoms with Gasteiger partial charge in [-0.25, -0.2) is 4.98 Å². The molecular weight excluding hydrogens is 274 g/mol. The van der Waals surface area contributed by atoms with Crippen molar-refractivity contribution in [3.8, 4) is 0 Å². The van der Waals surface area contributed by atoms with Crippen LogP contribution in [-0.4, -0.2) is 49.4 Å². The van der Waals surface area contributed by atoms with Crippen LogP contribution < -0.4 is 10.6 Å². The third-order valence-corrected chi connectivity index (χ3v) is 4.07. The molecule has 0 unspecified atom stereocenters. The smallest absolute Gasteiger partial charge is 0.148 e. The van der Waals surface area contributed by atoms with E-state index in [1.54, 1.807) is 12.3 Å². The number of hydrogen-bond acceptors (Lipinski definition) is 4. The number of anilines is 1. The predicted molar refractivity (Wildman–Crippen MR) is 83.8 cm³/mol. The number of aromatic nitrogens is 1. The Hall–Kier alpha value is -1.33. The van der Waals surface area contributed by atoms with Crippen LogP contribution >= 0.6 is 11.6 Å². The van der Waals surface area contributed by atoms with Crippen molar-refractivity contribution in [2.75, 3.05) is 38.6 Å². The molecule has 20 heavy (non-hydrogen) atoms. The maximum absolute atomic E-state index is 7.54. The number of amidine groups is 1. The molecule has 2 heterocycles. The van der Waals surface area contributed by atoms with Crippen LogP contribution in [-0.2, 0) is 0 Å². The Bertz CT molecular complexity index is 480. The Kier molecular flexibility index (Phi) is 4.83. The quantitative estimate of drug-likeness (QED) is 0.656. The average Bonchev–Trinajstić information content (AvgIpc) is 2.39. The lowest BCUT2D eigenvalue weighted by molar-refractivity contribution is 0.284. The largest absolute Gasteiger partial charge is 0.384 e. The Morgan fingerprint density at radius 1 is 1.50 bits per heavy atom. The van der Waals surface area contributed by atoms with Crippen LogP contribution in [0.25, 0.3) is 0 Å². The van der Waals surface area contributed by atoms with Crippen molar-refractivity contribution in [1.29, 1.82) is 5.41 Å². The second kappa shape index (κ2) is 6.41. The highest BCUT2D eigenvalue weighted by Crippen LogP contribution is 2.30. The topological polar surface area (TPSA) is 69.2 Å². The van der Waals surface area contributed by atoms with E-state index in [0.29, 0.717) is 10.6 Å². The van der Waals surface area contributed by atoms with E-state index in [4.69, 9.17) is 22.7 Å². The van der Waals surface area contributed by atoms with Gasteiger partial charge in [0.15, 0.2) is 0 Å². The molecule has 0 spiro atoms. The number of hydrogen-bond donors (Lipinski definition) is 2. The van der Waals surface area contributed by atoms with E-state index in [-0.39, 0.29) is 5.84 Å². The molecule has 110 valence electrons. The van der Waals surface area contributed by atoms with Gasteiger partial charge in [-0.1, -0.05) is 11.6 Å². The highest BCUT2D eigenvalue weighted by molar-refractivity contribution is 6.36. The minimum atomic E-state index is -0.0128. The fourth-order valence-corrected chi connectivity index (χ4v) is 3.04. The molecule has 0 radical (unpaired) electrons. The molecule has 1 aliphatic rings. The van der Waals surface area contributed by atoms with E-state index < -0.39 is 0 Å². The number of halogens is 1. The summed E-state index contributed by atoms with van der Waals surface area (Å²) < 4.78 is 0. The van der Waals surface area contributed by atoms with Gasteiger partial charge in [-0.15, -0.1) is 0 Å². The molecule has 0 aliphatic carbocycles. The average molecular weight is 296 g/mol. The Morgan fingerprint density at radius 3 is 2.70 bits per heavy atom. The number of nitrogens with one attached hydrogen (secondary N) is 1. The van der Waals surface area contributed by atoms with Gasteiger partial charge < -0.3 is 15.5 Å². The van der Waals surface area contributed by atoms with E-state index in [9.17, 15) is 0 Å². The highest BCUT2D eigenvalue weighted by atomic mass is 35.5. The molecule has 1 aromatic rings. The molecule has 3 N–H and O–H groups in total. The first-order valence-corrected chi connectivity index (χ1v) is 7.25. The van der Waals surface area contributed by atoms with Crippen molar-refractivity contribution in [3.63, 3.8) is 0 Å². The van der Waals surface area contributed by atoms with Crippen LogP contribution in [0.1, 0.15) is 18.4 Å². The van der Waals surface area contributed by atoms with Crippen LogP contribution in [0.4, 0.5) is 5.82 Å². The maximum Gasteiger partial charge on any atom is 0.148 e. The normalized spacial score (nSPS) is 16.7. The first kappa shape index (κ1) is 15.1. The SMILES string of the molecule is CN(C)CC1CCN(c2nccc(C(=N)N)c2Cl)CC1. The standard InChI is InChI=1S/C14H22ClN5/c1-19(2)9-10-4-7-20(8-5-10)14-12(15)11(13(16)17)3-6-18-14/h3,6,10H,4-5,7-9H2,1-2H3,(H3,16,17). The van der Waals surface area contributed by atoms with Crippen molar-refractivity contribution in [1.82, 2.24) is 9.88 Å². The molecule has 6 heteroatoms. The van der Waals surface area contributed by atoms with Crippen molar-refractivity contribution in [2.45, 2.75) is 12.8 Å². The van der Waals surface area contributed by atoms with Gasteiger partial charge in [0, 0.05) is 31.4 Å². The minimum Gasteiger partial charge on any atom is -0.384 e. The Morgan fingerprint density at radius 2 is 2.15 bits per heavy atom. The van der Waals surface area contributed by atoms with Crippen LogP contribution in [0.2, 0.25) is 5.02 Å². The van der Waals surface area contributed by atoms with Gasteiger partial charge in [-0.2, -0.15) is 0 Å². The highest BCUT2D eigenvalue weighted by Gasteiger charge is 2.23. The lowest BCUT2D eigenvalue weighted by atomic mass is 9.96. The molecule has 1 saturated heterocycles. The summed E-state index contributed by atoms with van der Waals surface area (Å²) in [4.78, 5) is 8.80. The summed E-state index contributed by atoms with van der Waals surface area (Å²) in [5, 5.41) is 8.03. The zero-order chi connectivity index (χ0) is 14.7. The molecule has 0 aromatic carbocycles. The van der Waals surface area contributed by atoms with Crippen molar-refractivity contribution >= 4 is 23.3 Å². The summed E-state index contributed by atoms with van der Waals surface area (Å²) in [5.41, 5.74) is 6.10.